The molecule has 0 aromatic rings. The maximum atomic E-state index is 11.4. The topological polar surface area (TPSA) is 29.5 Å². The standard InChI is InChI=1S/C11H21NO2/c1-4-14-11(13)9-5-7-10(8-6-9)12(2)3/h9-10H,4-8H2,1-3H3. The molecule has 0 amide bonds. The van der Waals surface area contributed by atoms with E-state index in [0.717, 1.165) is 25.7 Å². The Balaban J connectivity index is 2.31. The lowest BCUT2D eigenvalue weighted by Gasteiger charge is -2.31. The Morgan fingerprint density at radius 3 is 2.29 bits per heavy atom. The largest absolute Gasteiger partial charge is 0.466 e. The number of rotatable bonds is 3. The lowest BCUT2D eigenvalue weighted by Crippen LogP contribution is -2.34. The quantitative estimate of drug-likeness (QED) is 0.648. The zero-order chi connectivity index (χ0) is 10.6. The van der Waals surface area contributed by atoms with Gasteiger partial charge in [0, 0.05) is 6.04 Å². The first-order chi connectivity index (χ1) is 6.65. The number of carbonyl (C=O) groups excluding carboxylic acids is 1. The minimum Gasteiger partial charge on any atom is -0.466 e. The molecule has 0 spiro atoms. The predicted molar refractivity (Wildman–Crippen MR) is 56.1 cm³/mol. The number of ether oxygens (including phenoxy) is 1. The zero-order valence-corrected chi connectivity index (χ0v) is 9.45. The summed E-state index contributed by atoms with van der Waals surface area (Å²) in [6, 6.07) is 0.653. The maximum absolute atomic E-state index is 11.4. The fourth-order valence-corrected chi connectivity index (χ4v) is 2.09. The van der Waals surface area contributed by atoms with Crippen molar-refractivity contribution in [3.8, 4) is 0 Å². The van der Waals surface area contributed by atoms with E-state index in [1.165, 1.54) is 0 Å². The molecule has 1 aliphatic carbocycles. The summed E-state index contributed by atoms with van der Waals surface area (Å²) < 4.78 is 5.02. The van der Waals surface area contributed by atoms with Gasteiger partial charge in [0.2, 0.25) is 0 Å². The van der Waals surface area contributed by atoms with Crippen molar-refractivity contribution in [2.24, 2.45) is 5.92 Å². The molecule has 82 valence electrons. The molecule has 14 heavy (non-hydrogen) atoms. The van der Waals surface area contributed by atoms with Gasteiger partial charge in [0.1, 0.15) is 0 Å². The molecule has 1 saturated carbocycles. The van der Waals surface area contributed by atoms with Gasteiger partial charge in [-0.05, 0) is 46.7 Å². The van der Waals surface area contributed by atoms with Crippen molar-refractivity contribution in [3.63, 3.8) is 0 Å². The Bertz CT molecular complexity index is 184. The van der Waals surface area contributed by atoms with Gasteiger partial charge in [-0.15, -0.1) is 0 Å². The molecule has 1 aliphatic rings. The minimum atomic E-state index is 0.00436. The molecule has 0 radical (unpaired) electrons. The van der Waals surface area contributed by atoms with Crippen LogP contribution in [0.1, 0.15) is 32.6 Å². The van der Waals surface area contributed by atoms with E-state index in [9.17, 15) is 4.79 Å². The highest BCUT2D eigenvalue weighted by molar-refractivity contribution is 5.72. The first-order valence-corrected chi connectivity index (χ1v) is 5.48. The first-order valence-electron chi connectivity index (χ1n) is 5.48. The number of carbonyl (C=O) groups is 1. The van der Waals surface area contributed by atoms with Crippen molar-refractivity contribution in [1.82, 2.24) is 4.90 Å². The Morgan fingerprint density at radius 1 is 1.29 bits per heavy atom. The Labute approximate surface area is 86.4 Å². The van der Waals surface area contributed by atoms with Gasteiger partial charge in [-0.25, -0.2) is 0 Å². The summed E-state index contributed by atoms with van der Waals surface area (Å²) in [5.74, 6) is 0.163. The summed E-state index contributed by atoms with van der Waals surface area (Å²) in [4.78, 5) is 13.7. The Kier molecular flexibility index (Phi) is 4.39. The molecule has 0 heterocycles. The van der Waals surface area contributed by atoms with Gasteiger partial charge in [0.25, 0.3) is 0 Å². The Morgan fingerprint density at radius 2 is 1.86 bits per heavy atom. The van der Waals surface area contributed by atoms with Gasteiger partial charge < -0.3 is 9.64 Å². The van der Waals surface area contributed by atoms with Crippen LogP contribution < -0.4 is 0 Å². The fourth-order valence-electron chi connectivity index (χ4n) is 2.09. The van der Waals surface area contributed by atoms with Crippen molar-refractivity contribution < 1.29 is 9.53 Å². The summed E-state index contributed by atoms with van der Waals surface area (Å²) in [6.07, 6.45) is 4.22. The Hall–Kier alpha value is -0.570. The molecule has 0 aromatic carbocycles. The van der Waals surface area contributed by atoms with E-state index < -0.39 is 0 Å². The lowest BCUT2D eigenvalue weighted by atomic mass is 9.85. The number of nitrogens with zero attached hydrogens (tertiary/aromatic N) is 1. The second kappa shape index (κ2) is 5.35. The third kappa shape index (κ3) is 2.98. The monoisotopic (exact) mass is 199 g/mol. The van der Waals surface area contributed by atoms with E-state index in [1.807, 2.05) is 6.92 Å². The van der Waals surface area contributed by atoms with Crippen LogP contribution >= 0.6 is 0 Å². The summed E-state index contributed by atoms with van der Waals surface area (Å²) >= 11 is 0. The molecule has 0 atom stereocenters. The zero-order valence-electron chi connectivity index (χ0n) is 9.45. The summed E-state index contributed by atoms with van der Waals surface area (Å²) in [5, 5.41) is 0. The molecule has 1 rings (SSSR count). The molecular formula is C11H21NO2. The van der Waals surface area contributed by atoms with Crippen molar-refractivity contribution in [3.05, 3.63) is 0 Å². The van der Waals surface area contributed by atoms with E-state index in [2.05, 4.69) is 19.0 Å². The second-order valence-electron chi connectivity index (χ2n) is 4.22. The van der Waals surface area contributed by atoms with E-state index in [-0.39, 0.29) is 11.9 Å². The van der Waals surface area contributed by atoms with Gasteiger partial charge in [-0.3, -0.25) is 4.79 Å². The second-order valence-corrected chi connectivity index (χ2v) is 4.22. The molecule has 0 unspecified atom stereocenters. The summed E-state index contributed by atoms with van der Waals surface area (Å²) in [5.41, 5.74) is 0. The van der Waals surface area contributed by atoms with Crippen LogP contribution in [0.2, 0.25) is 0 Å². The molecule has 1 fully saturated rings. The number of esters is 1. The van der Waals surface area contributed by atoms with Gasteiger partial charge in [-0.2, -0.15) is 0 Å². The van der Waals surface area contributed by atoms with Crippen molar-refractivity contribution in [1.29, 1.82) is 0 Å². The van der Waals surface area contributed by atoms with Gasteiger partial charge in [0.05, 0.1) is 12.5 Å². The van der Waals surface area contributed by atoms with Crippen molar-refractivity contribution >= 4 is 5.97 Å². The maximum Gasteiger partial charge on any atom is 0.308 e. The van der Waals surface area contributed by atoms with Crippen LogP contribution in [0.4, 0.5) is 0 Å². The molecule has 0 aromatic heterocycles. The van der Waals surface area contributed by atoms with E-state index >= 15 is 0 Å². The van der Waals surface area contributed by atoms with E-state index in [0.29, 0.717) is 12.6 Å². The van der Waals surface area contributed by atoms with Crippen LogP contribution in [0.5, 0.6) is 0 Å². The first kappa shape index (κ1) is 11.5. The molecule has 0 saturated heterocycles. The van der Waals surface area contributed by atoms with Crippen molar-refractivity contribution in [2.75, 3.05) is 20.7 Å². The molecule has 0 N–H and O–H groups in total. The summed E-state index contributed by atoms with van der Waals surface area (Å²) in [6.45, 7) is 2.37. The highest BCUT2D eigenvalue weighted by Gasteiger charge is 2.27. The van der Waals surface area contributed by atoms with Crippen LogP contribution in [0, 0.1) is 5.92 Å². The SMILES string of the molecule is CCOC(=O)C1CCC(N(C)C)CC1. The molecular weight excluding hydrogens is 178 g/mol. The van der Waals surface area contributed by atoms with Crippen LogP contribution in [0.15, 0.2) is 0 Å². The predicted octanol–water partition coefficient (Wildman–Crippen LogP) is 1.67. The highest BCUT2D eigenvalue weighted by atomic mass is 16.5. The van der Waals surface area contributed by atoms with Gasteiger partial charge in [-0.1, -0.05) is 0 Å². The molecule has 3 nitrogen and oxygen atoms in total. The average Bonchev–Trinajstić information content (AvgIpc) is 2.18. The smallest absolute Gasteiger partial charge is 0.308 e. The van der Waals surface area contributed by atoms with Gasteiger partial charge in [0.15, 0.2) is 0 Å². The van der Waals surface area contributed by atoms with Crippen LogP contribution in [-0.2, 0) is 9.53 Å². The fraction of sp³-hybridized carbons (Fsp3) is 0.909. The third-order valence-electron chi connectivity index (χ3n) is 3.05. The van der Waals surface area contributed by atoms with E-state index in [1.54, 1.807) is 0 Å². The normalized spacial score (nSPS) is 27.7. The van der Waals surface area contributed by atoms with Crippen LogP contribution in [-0.4, -0.2) is 37.6 Å². The molecule has 3 heteroatoms. The summed E-state index contributed by atoms with van der Waals surface area (Å²) in [7, 11) is 4.21. The molecule has 0 bridgehead atoms. The number of hydrogen-bond donors (Lipinski definition) is 0. The van der Waals surface area contributed by atoms with Crippen molar-refractivity contribution in [2.45, 2.75) is 38.6 Å². The van der Waals surface area contributed by atoms with E-state index in [4.69, 9.17) is 4.74 Å². The highest BCUT2D eigenvalue weighted by Crippen LogP contribution is 2.27. The molecule has 0 aliphatic heterocycles. The minimum absolute atomic E-state index is 0.00436. The number of hydrogen-bond acceptors (Lipinski definition) is 3. The van der Waals surface area contributed by atoms with Crippen LogP contribution in [0.3, 0.4) is 0 Å². The van der Waals surface area contributed by atoms with Gasteiger partial charge >= 0.3 is 5.97 Å². The third-order valence-corrected chi connectivity index (χ3v) is 3.05. The average molecular weight is 199 g/mol. The van der Waals surface area contributed by atoms with Crippen LogP contribution in [0.25, 0.3) is 0 Å². The lowest BCUT2D eigenvalue weighted by molar-refractivity contribution is -0.149.